The van der Waals surface area contributed by atoms with Gasteiger partial charge in [-0.25, -0.2) is 0 Å². The van der Waals surface area contributed by atoms with Crippen LogP contribution in [0.25, 0.3) is 0 Å². The van der Waals surface area contributed by atoms with Gasteiger partial charge in [-0.3, -0.25) is 14.4 Å². The zero-order valence-corrected chi connectivity index (χ0v) is 19.5. The molecule has 1 atom stereocenters. The average molecular weight is 463 g/mol. The van der Waals surface area contributed by atoms with Gasteiger partial charge in [-0.2, -0.15) is 0 Å². The standard InChI is InChI=1S/C23H27ClN2O4S/c1-23(2,3)13-7-8-16-17(11-13)31-22(26-18(27)9-10-19(28)29)20(16)21(30)25-15-6-4-5-14(24)12-15/h4-6,12-13H,7-11H2,1-3H3,(H,25,30)(H,26,27)(H,28,29). The normalized spacial score (nSPS) is 15.8. The molecule has 0 spiro atoms. The van der Waals surface area contributed by atoms with E-state index in [2.05, 4.69) is 31.4 Å². The third-order valence-corrected chi connectivity index (χ3v) is 7.02. The second-order valence-electron chi connectivity index (χ2n) is 8.92. The van der Waals surface area contributed by atoms with Gasteiger partial charge in [0.25, 0.3) is 5.91 Å². The van der Waals surface area contributed by atoms with Gasteiger partial charge in [-0.1, -0.05) is 38.4 Å². The molecule has 6 nitrogen and oxygen atoms in total. The Morgan fingerprint density at radius 3 is 2.58 bits per heavy atom. The summed E-state index contributed by atoms with van der Waals surface area (Å²) in [4.78, 5) is 37.4. The first-order valence-electron chi connectivity index (χ1n) is 10.3. The Morgan fingerprint density at radius 1 is 1.19 bits per heavy atom. The Morgan fingerprint density at radius 2 is 1.94 bits per heavy atom. The number of fused-ring (bicyclic) bond motifs is 1. The quantitative estimate of drug-likeness (QED) is 0.520. The highest BCUT2D eigenvalue weighted by molar-refractivity contribution is 7.17. The number of aliphatic carboxylic acids is 1. The minimum Gasteiger partial charge on any atom is -0.481 e. The number of hydrogen-bond acceptors (Lipinski definition) is 4. The molecule has 8 heteroatoms. The SMILES string of the molecule is CC(C)(C)C1CCc2c(sc(NC(=O)CCC(=O)O)c2C(=O)Nc2cccc(Cl)c2)C1. The summed E-state index contributed by atoms with van der Waals surface area (Å²) in [5.41, 5.74) is 2.16. The fourth-order valence-electron chi connectivity index (χ4n) is 3.82. The van der Waals surface area contributed by atoms with E-state index in [1.54, 1.807) is 24.3 Å². The fraction of sp³-hybridized carbons (Fsp3) is 0.435. The minimum atomic E-state index is -1.03. The lowest BCUT2D eigenvalue weighted by Crippen LogP contribution is -2.27. The van der Waals surface area contributed by atoms with Crippen molar-refractivity contribution in [1.82, 2.24) is 0 Å². The van der Waals surface area contributed by atoms with Crippen LogP contribution in [-0.2, 0) is 22.4 Å². The molecule has 0 radical (unpaired) electrons. The van der Waals surface area contributed by atoms with E-state index in [0.717, 1.165) is 29.7 Å². The number of nitrogens with one attached hydrogen (secondary N) is 2. The number of amides is 2. The van der Waals surface area contributed by atoms with Gasteiger partial charge in [-0.05, 0) is 54.4 Å². The van der Waals surface area contributed by atoms with Crippen LogP contribution in [0.4, 0.5) is 10.7 Å². The predicted octanol–water partition coefficient (Wildman–Crippen LogP) is 5.61. The van der Waals surface area contributed by atoms with Crippen molar-refractivity contribution < 1.29 is 19.5 Å². The van der Waals surface area contributed by atoms with E-state index in [1.807, 2.05) is 0 Å². The molecular formula is C23H27ClN2O4S. The molecule has 1 aliphatic rings. The summed E-state index contributed by atoms with van der Waals surface area (Å²) in [7, 11) is 0. The molecule has 0 aliphatic heterocycles. The maximum Gasteiger partial charge on any atom is 0.303 e. The van der Waals surface area contributed by atoms with Gasteiger partial charge in [-0.15, -0.1) is 11.3 Å². The molecule has 0 bridgehead atoms. The van der Waals surface area contributed by atoms with E-state index >= 15 is 0 Å². The second-order valence-corrected chi connectivity index (χ2v) is 10.5. The average Bonchev–Trinajstić information content (AvgIpc) is 3.02. The molecule has 2 amide bonds. The van der Waals surface area contributed by atoms with Crippen molar-refractivity contribution >= 4 is 51.4 Å². The van der Waals surface area contributed by atoms with Gasteiger partial charge in [0.05, 0.1) is 12.0 Å². The van der Waals surface area contributed by atoms with Crippen molar-refractivity contribution in [3.8, 4) is 0 Å². The number of rotatable bonds is 6. The highest BCUT2D eigenvalue weighted by atomic mass is 35.5. The number of carboxylic acid groups (broad SMARTS) is 1. The molecule has 0 saturated heterocycles. The Bertz CT molecular complexity index is 1010. The van der Waals surface area contributed by atoms with Crippen LogP contribution in [0.5, 0.6) is 0 Å². The molecule has 31 heavy (non-hydrogen) atoms. The van der Waals surface area contributed by atoms with Gasteiger partial charge in [0.1, 0.15) is 5.00 Å². The molecular weight excluding hydrogens is 436 g/mol. The first-order valence-corrected chi connectivity index (χ1v) is 11.5. The summed E-state index contributed by atoms with van der Waals surface area (Å²) in [5, 5.41) is 15.5. The van der Waals surface area contributed by atoms with Crippen molar-refractivity contribution in [3.63, 3.8) is 0 Å². The smallest absolute Gasteiger partial charge is 0.303 e. The second kappa shape index (κ2) is 9.40. The Balaban J connectivity index is 1.91. The summed E-state index contributed by atoms with van der Waals surface area (Å²) in [6, 6.07) is 6.90. The summed E-state index contributed by atoms with van der Waals surface area (Å²) >= 11 is 7.45. The topological polar surface area (TPSA) is 95.5 Å². The lowest BCUT2D eigenvalue weighted by molar-refractivity contribution is -0.138. The molecule has 1 aromatic heterocycles. The van der Waals surface area contributed by atoms with Crippen LogP contribution in [0.2, 0.25) is 5.02 Å². The van der Waals surface area contributed by atoms with Crippen LogP contribution in [0.1, 0.15) is 60.8 Å². The van der Waals surface area contributed by atoms with Gasteiger partial charge < -0.3 is 15.7 Å². The maximum absolute atomic E-state index is 13.2. The third kappa shape index (κ3) is 5.86. The molecule has 3 rings (SSSR count). The summed E-state index contributed by atoms with van der Waals surface area (Å²) in [6.45, 7) is 6.66. The molecule has 1 aromatic carbocycles. The summed E-state index contributed by atoms with van der Waals surface area (Å²) in [5.74, 6) is -1.27. The van der Waals surface area contributed by atoms with Crippen LogP contribution < -0.4 is 10.6 Å². The number of halogens is 1. The molecule has 1 unspecified atom stereocenters. The van der Waals surface area contributed by atoms with Gasteiger partial charge >= 0.3 is 5.97 Å². The number of anilines is 2. The van der Waals surface area contributed by atoms with E-state index in [0.29, 0.717) is 27.2 Å². The Labute approximate surface area is 191 Å². The predicted molar refractivity (Wildman–Crippen MR) is 124 cm³/mol. The van der Waals surface area contributed by atoms with E-state index in [1.165, 1.54) is 11.3 Å². The summed E-state index contributed by atoms with van der Waals surface area (Å²) in [6.07, 6.45) is 2.19. The third-order valence-electron chi connectivity index (χ3n) is 5.62. The first kappa shape index (κ1) is 23.3. The molecule has 1 aliphatic carbocycles. The number of carboxylic acids is 1. The number of carbonyl (C=O) groups is 3. The highest BCUT2D eigenvalue weighted by Crippen LogP contribution is 2.44. The number of hydrogen-bond donors (Lipinski definition) is 3. The molecule has 0 fully saturated rings. The van der Waals surface area contributed by atoms with E-state index in [9.17, 15) is 14.4 Å². The highest BCUT2D eigenvalue weighted by Gasteiger charge is 2.34. The minimum absolute atomic E-state index is 0.141. The number of carbonyl (C=O) groups excluding carboxylic acids is 2. The maximum atomic E-state index is 13.2. The zero-order valence-electron chi connectivity index (χ0n) is 17.9. The fourth-order valence-corrected chi connectivity index (χ4v) is 5.35. The zero-order chi connectivity index (χ0) is 22.8. The van der Waals surface area contributed by atoms with E-state index in [-0.39, 0.29) is 24.2 Å². The molecule has 0 saturated carbocycles. The number of thiophene rings is 1. The van der Waals surface area contributed by atoms with Crippen molar-refractivity contribution in [2.75, 3.05) is 10.6 Å². The molecule has 2 aromatic rings. The molecule has 1 heterocycles. The van der Waals surface area contributed by atoms with Gasteiger partial charge in [0.2, 0.25) is 5.91 Å². The van der Waals surface area contributed by atoms with Crippen molar-refractivity contribution in [2.45, 2.75) is 52.9 Å². The lowest BCUT2D eigenvalue weighted by atomic mass is 9.72. The van der Waals surface area contributed by atoms with E-state index in [4.69, 9.17) is 16.7 Å². The largest absolute Gasteiger partial charge is 0.481 e. The van der Waals surface area contributed by atoms with E-state index < -0.39 is 11.9 Å². The Hall–Kier alpha value is -2.38. The number of benzene rings is 1. The van der Waals surface area contributed by atoms with Crippen LogP contribution >= 0.6 is 22.9 Å². The van der Waals surface area contributed by atoms with Crippen LogP contribution in [0, 0.1) is 11.3 Å². The van der Waals surface area contributed by atoms with Crippen LogP contribution in [-0.4, -0.2) is 22.9 Å². The van der Waals surface area contributed by atoms with Crippen molar-refractivity contribution in [1.29, 1.82) is 0 Å². The van der Waals surface area contributed by atoms with Crippen molar-refractivity contribution in [3.05, 3.63) is 45.3 Å². The molecule has 3 N–H and O–H groups in total. The van der Waals surface area contributed by atoms with Gasteiger partial charge in [0.15, 0.2) is 0 Å². The van der Waals surface area contributed by atoms with Crippen LogP contribution in [0.15, 0.2) is 24.3 Å². The lowest BCUT2D eigenvalue weighted by Gasteiger charge is -2.33. The Kier molecular flexibility index (Phi) is 7.06. The molecule has 166 valence electrons. The monoisotopic (exact) mass is 462 g/mol. The summed E-state index contributed by atoms with van der Waals surface area (Å²) < 4.78 is 0. The van der Waals surface area contributed by atoms with Crippen LogP contribution in [0.3, 0.4) is 0 Å². The van der Waals surface area contributed by atoms with Gasteiger partial charge in [0, 0.05) is 22.0 Å². The van der Waals surface area contributed by atoms with Crippen molar-refractivity contribution in [2.24, 2.45) is 11.3 Å². The first-order chi connectivity index (χ1) is 14.5.